The van der Waals surface area contributed by atoms with E-state index < -0.39 is 0 Å². The second kappa shape index (κ2) is 11.1. The second-order valence-electron chi connectivity index (χ2n) is 6.30. The first-order valence-electron chi connectivity index (χ1n) is 8.84. The van der Waals surface area contributed by atoms with Crippen LogP contribution in [0.15, 0.2) is 27.8 Å². The third kappa shape index (κ3) is 8.07. The summed E-state index contributed by atoms with van der Waals surface area (Å²) in [6.45, 7) is 14.7. The van der Waals surface area contributed by atoms with Crippen LogP contribution in [-0.2, 0) is 6.42 Å². The Labute approximate surface area is 141 Å². The Hall–Kier alpha value is -1.49. The van der Waals surface area contributed by atoms with E-state index in [2.05, 4.69) is 55.1 Å². The molecule has 1 heterocycles. The van der Waals surface area contributed by atoms with Crippen molar-refractivity contribution in [1.29, 1.82) is 0 Å². The molecule has 23 heavy (non-hydrogen) atoms. The van der Waals surface area contributed by atoms with Gasteiger partial charge in [0.25, 0.3) is 0 Å². The lowest BCUT2D eigenvalue weighted by Gasteiger charge is -2.30. The molecule has 0 saturated heterocycles. The monoisotopic (exact) mass is 322 g/mol. The molecule has 1 aromatic heterocycles. The fourth-order valence-electron chi connectivity index (χ4n) is 2.66. The van der Waals surface area contributed by atoms with Crippen LogP contribution in [0.2, 0.25) is 0 Å². The lowest BCUT2D eigenvalue weighted by molar-refractivity contribution is 0.174. The van der Waals surface area contributed by atoms with Crippen LogP contribution in [0.4, 0.5) is 0 Å². The normalized spacial score (nSPS) is 12.4. The molecule has 0 aliphatic carbocycles. The van der Waals surface area contributed by atoms with Gasteiger partial charge >= 0.3 is 0 Å². The average molecular weight is 322 g/mol. The van der Waals surface area contributed by atoms with E-state index in [1.807, 2.05) is 12.1 Å². The van der Waals surface area contributed by atoms with E-state index in [1.54, 1.807) is 6.26 Å². The first-order chi connectivity index (χ1) is 11.0. The van der Waals surface area contributed by atoms with Gasteiger partial charge in [0.05, 0.1) is 6.26 Å². The van der Waals surface area contributed by atoms with Crippen molar-refractivity contribution in [3.05, 3.63) is 24.2 Å². The predicted octanol–water partition coefficient (Wildman–Crippen LogP) is 2.89. The zero-order valence-corrected chi connectivity index (χ0v) is 15.4. The van der Waals surface area contributed by atoms with Gasteiger partial charge in [-0.2, -0.15) is 0 Å². The maximum atomic E-state index is 5.34. The van der Waals surface area contributed by atoms with Crippen molar-refractivity contribution in [2.24, 2.45) is 4.99 Å². The van der Waals surface area contributed by atoms with Crippen molar-refractivity contribution in [2.75, 3.05) is 26.2 Å². The van der Waals surface area contributed by atoms with Gasteiger partial charge in [-0.05, 0) is 53.2 Å². The van der Waals surface area contributed by atoms with Gasteiger partial charge in [0.1, 0.15) is 5.76 Å². The van der Waals surface area contributed by atoms with Crippen LogP contribution >= 0.6 is 0 Å². The third-order valence-electron chi connectivity index (χ3n) is 3.76. The van der Waals surface area contributed by atoms with Gasteiger partial charge in [-0.15, -0.1) is 0 Å². The van der Waals surface area contributed by atoms with Crippen molar-refractivity contribution in [1.82, 2.24) is 15.5 Å². The average Bonchev–Trinajstić information content (AvgIpc) is 2.99. The highest BCUT2D eigenvalue weighted by molar-refractivity contribution is 5.79. The van der Waals surface area contributed by atoms with Gasteiger partial charge in [0.15, 0.2) is 5.96 Å². The molecule has 5 heteroatoms. The molecule has 0 radical (unpaired) electrons. The lowest BCUT2D eigenvalue weighted by atomic mass is 10.2. The van der Waals surface area contributed by atoms with Gasteiger partial charge in [-0.3, -0.25) is 9.89 Å². The molecule has 5 nitrogen and oxygen atoms in total. The van der Waals surface area contributed by atoms with Crippen LogP contribution in [0.1, 0.15) is 46.8 Å². The van der Waals surface area contributed by atoms with E-state index in [1.165, 1.54) is 0 Å². The smallest absolute Gasteiger partial charge is 0.191 e. The summed E-state index contributed by atoms with van der Waals surface area (Å²) < 4.78 is 5.34. The molecule has 0 spiro atoms. The summed E-state index contributed by atoms with van der Waals surface area (Å²) in [5.41, 5.74) is 0. The Balaban J connectivity index is 2.33. The van der Waals surface area contributed by atoms with Crippen LogP contribution in [0.25, 0.3) is 0 Å². The highest BCUT2D eigenvalue weighted by atomic mass is 16.3. The highest BCUT2D eigenvalue weighted by Crippen LogP contribution is 2.05. The molecule has 1 rings (SSSR count). The van der Waals surface area contributed by atoms with E-state index >= 15 is 0 Å². The molecule has 132 valence electrons. The number of hydrogen-bond acceptors (Lipinski definition) is 3. The first-order valence-corrected chi connectivity index (χ1v) is 8.84. The minimum atomic E-state index is 0.582. The molecule has 1 aromatic rings. The molecule has 0 amide bonds. The summed E-state index contributed by atoms with van der Waals surface area (Å²) in [6, 6.07) is 5.08. The molecule has 0 aromatic carbocycles. The van der Waals surface area contributed by atoms with Crippen molar-refractivity contribution in [3.8, 4) is 0 Å². The standard InChI is InChI=1S/C18H34N4O/c1-6-19-18(21-12-10-17-9-7-14-23-17)20-11-8-13-22(15(2)3)16(4)5/h7,9,14-16H,6,8,10-13H2,1-5H3,(H2,19,20,21). The number of rotatable bonds is 10. The maximum absolute atomic E-state index is 5.34. The quantitative estimate of drug-likeness (QED) is 0.395. The minimum Gasteiger partial charge on any atom is -0.469 e. The van der Waals surface area contributed by atoms with Gasteiger partial charge < -0.3 is 15.1 Å². The van der Waals surface area contributed by atoms with E-state index in [-0.39, 0.29) is 0 Å². The SMILES string of the molecule is CCNC(=NCCCN(C(C)C)C(C)C)NCCc1ccco1. The second-order valence-corrected chi connectivity index (χ2v) is 6.30. The molecule has 0 atom stereocenters. The van der Waals surface area contributed by atoms with Gasteiger partial charge in [-0.1, -0.05) is 0 Å². The molecule has 0 fully saturated rings. The number of furan rings is 1. The summed E-state index contributed by atoms with van der Waals surface area (Å²) in [5.74, 6) is 1.89. The fourth-order valence-corrected chi connectivity index (χ4v) is 2.66. The van der Waals surface area contributed by atoms with Crippen molar-refractivity contribution < 1.29 is 4.42 Å². The Bertz CT molecular complexity index is 418. The molecule has 0 unspecified atom stereocenters. The molecule has 2 N–H and O–H groups in total. The molecule has 0 aliphatic heterocycles. The van der Waals surface area contributed by atoms with E-state index in [0.717, 1.165) is 50.7 Å². The molecule has 0 aliphatic rings. The van der Waals surface area contributed by atoms with Crippen LogP contribution in [0, 0.1) is 0 Å². The highest BCUT2D eigenvalue weighted by Gasteiger charge is 2.12. The maximum Gasteiger partial charge on any atom is 0.191 e. The number of guanidine groups is 1. The largest absolute Gasteiger partial charge is 0.469 e. The van der Waals surface area contributed by atoms with E-state index in [0.29, 0.717) is 12.1 Å². The van der Waals surface area contributed by atoms with Crippen LogP contribution in [0.3, 0.4) is 0 Å². The Morgan fingerprint density at radius 3 is 2.52 bits per heavy atom. The van der Waals surface area contributed by atoms with E-state index in [9.17, 15) is 0 Å². The van der Waals surface area contributed by atoms with Crippen molar-refractivity contribution in [2.45, 2.75) is 59.5 Å². The number of nitrogens with zero attached hydrogens (tertiary/aromatic N) is 2. The summed E-state index contributed by atoms with van der Waals surface area (Å²) in [4.78, 5) is 7.17. The van der Waals surface area contributed by atoms with Crippen LogP contribution in [0.5, 0.6) is 0 Å². The molecule has 0 saturated carbocycles. The topological polar surface area (TPSA) is 52.8 Å². The summed E-state index contributed by atoms with van der Waals surface area (Å²) in [5, 5.41) is 6.65. The number of nitrogens with one attached hydrogen (secondary N) is 2. The Morgan fingerprint density at radius 2 is 1.96 bits per heavy atom. The Kier molecular flexibility index (Phi) is 9.45. The predicted molar refractivity (Wildman–Crippen MR) is 98.0 cm³/mol. The molecular formula is C18H34N4O. The summed E-state index contributed by atoms with van der Waals surface area (Å²) in [7, 11) is 0. The zero-order chi connectivity index (χ0) is 17.1. The van der Waals surface area contributed by atoms with Gasteiger partial charge in [0, 0.05) is 44.7 Å². The fraction of sp³-hybridized carbons (Fsp3) is 0.722. The minimum absolute atomic E-state index is 0.582. The van der Waals surface area contributed by atoms with Crippen molar-refractivity contribution in [3.63, 3.8) is 0 Å². The zero-order valence-electron chi connectivity index (χ0n) is 15.4. The van der Waals surface area contributed by atoms with Crippen molar-refractivity contribution >= 4 is 5.96 Å². The van der Waals surface area contributed by atoms with Gasteiger partial charge in [0.2, 0.25) is 0 Å². The third-order valence-corrected chi connectivity index (χ3v) is 3.76. The van der Waals surface area contributed by atoms with E-state index in [4.69, 9.17) is 4.42 Å². The number of hydrogen-bond donors (Lipinski definition) is 2. The Morgan fingerprint density at radius 1 is 1.22 bits per heavy atom. The molecular weight excluding hydrogens is 288 g/mol. The summed E-state index contributed by atoms with van der Waals surface area (Å²) >= 11 is 0. The number of aliphatic imine (C=N–C) groups is 1. The lowest BCUT2D eigenvalue weighted by Crippen LogP contribution is -2.39. The van der Waals surface area contributed by atoms with Gasteiger partial charge in [-0.25, -0.2) is 0 Å². The van der Waals surface area contributed by atoms with Crippen LogP contribution < -0.4 is 10.6 Å². The molecule has 0 bridgehead atoms. The summed E-state index contributed by atoms with van der Waals surface area (Å²) in [6.07, 6.45) is 3.65. The first kappa shape index (κ1) is 19.6. The van der Waals surface area contributed by atoms with Crippen LogP contribution in [-0.4, -0.2) is 49.1 Å².